The van der Waals surface area contributed by atoms with E-state index in [4.69, 9.17) is 4.42 Å². The van der Waals surface area contributed by atoms with Crippen LogP contribution in [0, 0.1) is 0 Å². The minimum Gasteiger partial charge on any atom is -0.456 e. The number of rotatable bonds is 7. The second kappa shape index (κ2) is 13.6. The zero-order valence-corrected chi connectivity index (χ0v) is 31.1. The Labute approximate surface area is 330 Å². The molecule has 268 valence electrons. The van der Waals surface area contributed by atoms with Crippen LogP contribution in [0.15, 0.2) is 223 Å². The van der Waals surface area contributed by atoms with Crippen molar-refractivity contribution in [2.45, 2.75) is 0 Å². The van der Waals surface area contributed by atoms with Crippen molar-refractivity contribution in [2.75, 3.05) is 4.90 Å². The summed E-state index contributed by atoms with van der Waals surface area (Å²) in [7, 11) is 0. The zero-order chi connectivity index (χ0) is 37.7. The molecule has 0 saturated heterocycles. The zero-order valence-electron chi connectivity index (χ0n) is 31.1. The summed E-state index contributed by atoms with van der Waals surface area (Å²) in [6, 6.07) is 78.3. The summed E-state index contributed by atoms with van der Waals surface area (Å²) in [5.74, 6) is 0. The number of aromatic nitrogens is 1. The number of fused-ring (bicyclic) bond motifs is 6. The number of anilines is 3. The van der Waals surface area contributed by atoms with Gasteiger partial charge in [-0.25, -0.2) is 0 Å². The number of benzene rings is 9. The molecule has 0 amide bonds. The molecule has 0 radical (unpaired) electrons. The van der Waals surface area contributed by atoms with Gasteiger partial charge in [0.1, 0.15) is 11.2 Å². The van der Waals surface area contributed by atoms with Crippen molar-refractivity contribution in [3.05, 3.63) is 218 Å². The summed E-state index contributed by atoms with van der Waals surface area (Å²) < 4.78 is 8.75. The number of hydrogen-bond donors (Lipinski definition) is 0. The van der Waals surface area contributed by atoms with Gasteiger partial charge in [0.2, 0.25) is 0 Å². The summed E-state index contributed by atoms with van der Waals surface area (Å²) in [4.78, 5) is 2.48. The number of furan rings is 1. The van der Waals surface area contributed by atoms with Crippen LogP contribution >= 0.6 is 0 Å². The Morgan fingerprint density at radius 3 is 1.72 bits per heavy atom. The normalized spacial score (nSPS) is 11.5. The van der Waals surface area contributed by atoms with Gasteiger partial charge in [0.15, 0.2) is 0 Å². The maximum atomic E-state index is 6.30. The fourth-order valence-corrected chi connectivity index (χ4v) is 8.70. The van der Waals surface area contributed by atoms with Crippen LogP contribution in [0.5, 0.6) is 0 Å². The second-order valence-electron chi connectivity index (χ2n) is 14.5. The quantitative estimate of drug-likeness (QED) is 0.163. The van der Waals surface area contributed by atoms with Crippen molar-refractivity contribution >= 4 is 60.8 Å². The lowest BCUT2D eigenvalue weighted by molar-refractivity contribution is 0.669. The summed E-state index contributed by atoms with van der Waals surface area (Å²) in [5.41, 5.74) is 15.4. The average molecular weight is 729 g/mol. The Kier molecular flexibility index (Phi) is 7.82. The van der Waals surface area contributed by atoms with Gasteiger partial charge in [0.05, 0.1) is 28.1 Å². The maximum Gasteiger partial charge on any atom is 0.135 e. The Bertz CT molecular complexity index is 3230. The monoisotopic (exact) mass is 728 g/mol. The van der Waals surface area contributed by atoms with Gasteiger partial charge < -0.3 is 13.9 Å². The van der Waals surface area contributed by atoms with Gasteiger partial charge in [0, 0.05) is 43.9 Å². The largest absolute Gasteiger partial charge is 0.456 e. The van der Waals surface area contributed by atoms with Gasteiger partial charge in [-0.1, -0.05) is 164 Å². The molecule has 2 aromatic heterocycles. The van der Waals surface area contributed by atoms with Crippen molar-refractivity contribution in [1.82, 2.24) is 4.57 Å². The highest BCUT2D eigenvalue weighted by Crippen LogP contribution is 2.50. The highest BCUT2D eigenvalue weighted by atomic mass is 16.3. The molecule has 0 aliphatic heterocycles. The van der Waals surface area contributed by atoms with Crippen LogP contribution in [0.2, 0.25) is 0 Å². The van der Waals surface area contributed by atoms with E-state index in [0.717, 1.165) is 78.0 Å². The van der Waals surface area contributed by atoms with Crippen LogP contribution in [-0.2, 0) is 0 Å². The van der Waals surface area contributed by atoms with E-state index in [2.05, 4.69) is 216 Å². The van der Waals surface area contributed by atoms with Gasteiger partial charge >= 0.3 is 0 Å². The molecule has 3 nitrogen and oxygen atoms in total. The molecule has 0 atom stereocenters. The first-order chi connectivity index (χ1) is 28.3. The van der Waals surface area contributed by atoms with Crippen LogP contribution in [-0.4, -0.2) is 4.57 Å². The van der Waals surface area contributed by atoms with E-state index in [-0.39, 0.29) is 0 Å². The first kappa shape index (κ1) is 32.8. The first-order valence-electron chi connectivity index (χ1n) is 19.4. The van der Waals surface area contributed by atoms with Gasteiger partial charge in [-0.2, -0.15) is 0 Å². The van der Waals surface area contributed by atoms with Gasteiger partial charge in [-0.15, -0.1) is 0 Å². The lowest BCUT2D eigenvalue weighted by Crippen LogP contribution is -2.13. The Balaban J connectivity index is 1.24. The van der Waals surface area contributed by atoms with Crippen molar-refractivity contribution in [1.29, 1.82) is 0 Å². The van der Waals surface area contributed by atoms with Crippen LogP contribution in [0.1, 0.15) is 0 Å². The molecule has 0 bridgehead atoms. The van der Waals surface area contributed by atoms with Crippen LogP contribution < -0.4 is 4.90 Å². The predicted molar refractivity (Wildman–Crippen MR) is 239 cm³/mol. The molecule has 0 unspecified atom stereocenters. The van der Waals surface area contributed by atoms with Crippen molar-refractivity contribution < 1.29 is 4.42 Å². The SMILES string of the molecule is c1ccc(-c2ccccc2-n2c3ccccc3c3c(N(c4ccccc4)c4c(-c5ccccc5)cccc4-c4ccc5oc6ccccc6c5c4)cccc32)cc1. The third-order valence-corrected chi connectivity index (χ3v) is 11.2. The highest BCUT2D eigenvalue weighted by molar-refractivity contribution is 6.18. The number of hydrogen-bond acceptors (Lipinski definition) is 2. The summed E-state index contributed by atoms with van der Waals surface area (Å²) >= 11 is 0. The minimum atomic E-state index is 0.883. The minimum absolute atomic E-state index is 0.883. The standard InChI is InChI=1S/C54H36N2O/c1-4-18-37(19-5-1)41-24-10-13-29-47(41)56-48-30-14-11-26-45(48)53-49(31-17-32-50(53)56)55(40-22-8-3-9-23-40)54-42(38-20-6-2-7-21-38)27-16-28-43(54)39-34-35-52-46(36-39)44-25-12-15-33-51(44)57-52/h1-36H. The molecule has 11 aromatic rings. The number of para-hydroxylation sites is 5. The molecule has 57 heavy (non-hydrogen) atoms. The van der Waals surface area contributed by atoms with E-state index < -0.39 is 0 Å². The van der Waals surface area contributed by atoms with Crippen molar-refractivity contribution in [3.63, 3.8) is 0 Å². The molecule has 3 heteroatoms. The van der Waals surface area contributed by atoms with Crippen LogP contribution in [0.3, 0.4) is 0 Å². The molecular formula is C54H36N2O. The molecule has 2 heterocycles. The Morgan fingerprint density at radius 2 is 0.930 bits per heavy atom. The van der Waals surface area contributed by atoms with E-state index >= 15 is 0 Å². The van der Waals surface area contributed by atoms with E-state index in [1.54, 1.807) is 0 Å². The van der Waals surface area contributed by atoms with Crippen LogP contribution in [0.25, 0.3) is 82.8 Å². The smallest absolute Gasteiger partial charge is 0.135 e. The van der Waals surface area contributed by atoms with E-state index in [1.165, 1.54) is 21.9 Å². The summed E-state index contributed by atoms with van der Waals surface area (Å²) in [6.07, 6.45) is 0. The van der Waals surface area contributed by atoms with Gasteiger partial charge in [-0.3, -0.25) is 0 Å². The fourth-order valence-electron chi connectivity index (χ4n) is 8.70. The third-order valence-electron chi connectivity index (χ3n) is 11.2. The van der Waals surface area contributed by atoms with Crippen molar-refractivity contribution in [2.24, 2.45) is 0 Å². The summed E-state index contributed by atoms with van der Waals surface area (Å²) in [5, 5.41) is 4.60. The topological polar surface area (TPSA) is 21.3 Å². The Hall–Kier alpha value is -7.62. The van der Waals surface area contributed by atoms with Crippen LogP contribution in [0.4, 0.5) is 17.1 Å². The Morgan fingerprint density at radius 1 is 0.368 bits per heavy atom. The molecule has 9 aromatic carbocycles. The van der Waals surface area contributed by atoms with Crippen molar-refractivity contribution in [3.8, 4) is 39.1 Å². The maximum absolute atomic E-state index is 6.30. The molecule has 0 N–H and O–H groups in total. The first-order valence-corrected chi connectivity index (χ1v) is 19.4. The molecule has 0 saturated carbocycles. The molecule has 11 rings (SSSR count). The third kappa shape index (κ3) is 5.43. The lowest BCUT2D eigenvalue weighted by atomic mass is 9.93. The van der Waals surface area contributed by atoms with Gasteiger partial charge in [-0.05, 0) is 71.3 Å². The molecule has 0 aliphatic rings. The average Bonchev–Trinajstić information content (AvgIpc) is 3.83. The molecule has 0 fully saturated rings. The van der Waals surface area contributed by atoms with Gasteiger partial charge in [0.25, 0.3) is 0 Å². The molecular weight excluding hydrogens is 693 g/mol. The molecule has 0 spiro atoms. The predicted octanol–water partition coefficient (Wildman–Crippen LogP) is 15.2. The summed E-state index contributed by atoms with van der Waals surface area (Å²) in [6.45, 7) is 0. The lowest BCUT2D eigenvalue weighted by Gasteiger charge is -2.31. The van der Waals surface area contributed by atoms with E-state index in [9.17, 15) is 0 Å². The fraction of sp³-hybridized carbons (Fsp3) is 0. The van der Waals surface area contributed by atoms with E-state index in [0.29, 0.717) is 0 Å². The van der Waals surface area contributed by atoms with E-state index in [1.807, 2.05) is 12.1 Å². The second-order valence-corrected chi connectivity index (χ2v) is 14.5. The molecule has 0 aliphatic carbocycles. The number of nitrogens with zero attached hydrogens (tertiary/aromatic N) is 2. The highest BCUT2D eigenvalue weighted by Gasteiger charge is 2.26.